The molecule has 0 unspecified atom stereocenters. The van der Waals surface area contributed by atoms with Crippen molar-refractivity contribution < 1.29 is 14.6 Å². The second kappa shape index (κ2) is 5.76. The number of hydrogen-bond donors (Lipinski definition) is 2. The monoisotopic (exact) mass is 249 g/mol. The second-order valence-corrected chi connectivity index (χ2v) is 4.79. The number of nitrogens with two attached hydrogens (primary N) is 1. The first kappa shape index (κ1) is 12.7. The maximum absolute atomic E-state index is 11.9. The Morgan fingerprint density at radius 2 is 1.89 bits per heavy atom. The smallest absolute Gasteiger partial charge is 0.338 e. The van der Waals surface area contributed by atoms with E-state index in [4.69, 9.17) is 10.5 Å². The lowest BCUT2D eigenvalue weighted by Crippen LogP contribution is -2.17. The minimum atomic E-state index is -0.353. The van der Waals surface area contributed by atoms with Gasteiger partial charge < -0.3 is 15.6 Å². The number of esters is 1. The number of phenolic OH excluding ortho intramolecular Hbond substituents is 1. The molecule has 0 aromatic heterocycles. The van der Waals surface area contributed by atoms with Gasteiger partial charge in [-0.15, -0.1) is 0 Å². The van der Waals surface area contributed by atoms with Gasteiger partial charge in [0.05, 0.1) is 11.3 Å². The van der Waals surface area contributed by atoms with Gasteiger partial charge in [0.25, 0.3) is 0 Å². The number of nitrogen functional groups attached to an aromatic ring is 1. The standard InChI is InChI=1S/C14H19NO3/c15-12-9-10(7-8-13(12)16)14(17)18-11-5-3-1-2-4-6-11/h7-9,11,16H,1-6,15H2. The van der Waals surface area contributed by atoms with Crippen LogP contribution < -0.4 is 5.73 Å². The van der Waals surface area contributed by atoms with Crippen LogP contribution in [0.4, 0.5) is 5.69 Å². The van der Waals surface area contributed by atoms with E-state index < -0.39 is 0 Å². The zero-order chi connectivity index (χ0) is 13.0. The molecule has 0 radical (unpaired) electrons. The van der Waals surface area contributed by atoms with Crippen molar-refractivity contribution in [1.29, 1.82) is 0 Å². The van der Waals surface area contributed by atoms with Crippen LogP contribution in [0.5, 0.6) is 5.75 Å². The van der Waals surface area contributed by atoms with E-state index >= 15 is 0 Å². The van der Waals surface area contributed by atoms with Gasteiger partial charge in [-0.3, -0.25) is 0 Å². The highest BCUT2D eigenvalue weighted by Crippen LogP contribution is 2.23. The summed E-state index contributed by atoms with van der Waals surface area (Å²) in [5.74, 6) is -0.366. The first-order chi connectivity index (χ1) is 8.66. The molecule has 0 spiro atoms. The highest BCUT2D eigenvalue weighted by atomic mass is 16.5. The molecule has 1 saturated carbocycles. The van der Waals surface area contributed by atoms with E-state index in [0.29, 0.717) is 5.56 Å². The first-order valence-corrected chi connectivity index (χ1v) is 6.46. The van der Waals surface area contributed by atoms with Crippen LogP contribution in [0.15, 0.2) is 18.2 Å². The lowest BCUT2D eigenvalue weighted by molar-refractivity contribution is 0.0267. The molecule has 0 saturated heterocycles. The molecule has 0 heterocycles. The SMILES string of the molecule is Nc1cc(C(=O)OC2CCCCCC2)ccc1O. The van der Waals surface area contributed by atoms with Crippen LogP contribution in [-0.4, -0.2) is 17.2 Å². The number of rotatable bonds is 2. The van der Waals surface area contributed by atoms with Gasteiger partial charge >= 0.3 is 5.97 Å². The Hall–Kier alpha value is -1.71. The fourth-order valence-corrected chi connectivity index (χ4v) is 2.26. The van der Waals surface area contributed by atoms with Gasteiger partial charge in [-0.2, -0.15) is 0 Å². The topological polar surface area (TPSA) is 72.6 Å². The van der Waals surface area contributed by atoms with Crippen molar-refractivity contribution >= 4 is 11.7 Å². The molecule has 1 aromatic rings. The van der Waals surface area contributed by atoms with Crippen LogP contribution >= 0.6 is 0 Å². The molecule has 0 atom stereocenters. The van der Waals surface area contributed by atoms with Crippen LogP contribution in [0.1, 0.15) is 48.9 Å². The molecule has 4 heteroatoms. The van der Waals surface area contributed by atoms with Crippen molar-refractivity contribution in [1.82, 2.24) is 0 Å². The summed E-state index contributed by atoms with van der Waals surface area (Å²) in [7, 11) is 0. The number of benzene rings is 1. The van der Waals surface area contributed by atoms with E-state index in [1.807, 2.05) is 0 Å². The summed E-state index contributed by atoms with van der Waals surface area (Å²) in [5, 5.41) is 9.31. The summed E-state index contributed by atoms with van der Waals surface area (Å²) >= 11 is 0. The summed E-state index contributed by atoms with van der Waals surface area (Å²) in [4.78, 5) is 11.9. The van der Waals surface area contributed by atoms with E-state index in [-0.39, 0.29) is 23.5 Å². The molecule has 1 aliphatic carbocycles. The minimum Gasteiger partial charge on any atom is -0.506 e. The fourth-order valence-electron chi connectivity index (χ4n) is 2.26. The average molecular weight is 249 g/mol. The third-order valence-corrected chi connectivity index (χ3v) is 3.34. The van der Waals surface area contributed by atoms with Gasteiger partial charge in [-0.25, -0.2) is 4.79 Å². The van der Waals surface area contributed by atoms with E-state index in [9.17, 15) is 9.90 Å². The molecular formula is C14H19NO3. The van der Waals surface area contributed by atoms with Gasteiger partial charge in [0.1, 0.15) is 11.9 Å². The molecule has 3 N–H and O–H groups in total. The van der Waals surface area contributed by atoms with Gasteiger partial charge in [0, 0.05) is 0 Å². The molecule has 0 bridgehead atoms. The molecule has 98 valence electrons. The average Bonchev–Trinajstić information content (AvgIpc) is 2.61. The predicted molar refractivity (Wildman–Crippen MR) is 69.4 cm³/mol. The maximum Gasteiger partial charge on any atom is 0.338 e. The van der Waals surface area contributed by atoms with E-state index in [1.165, 1.54) is 31.0 Å². The number of aromatic hydroxyl groups is 1. The fraction of sp³-hybridized carbons (Fsp3) is 0.500. The summed E-state index contributed by atoms with van der Waals surface area (Å²) in [6.07, 6.45) is 6.60. The lowest BCUT2D eigenvalue weighted by atomic mass is 10.1. The number of carbonyl (C=O) groups is 1. The Morgan fingerprint density at radius 1 is 1.22 bits per heavy atom. The Labute approximate surface area is 107 Å². The first-order valence-electron chi connectivity index (χ1n) is 6.46. The number of hydrogen-bond acceptors (Lipinski definition) is 4. The summed E-state index contributed by atoms with van der Waals surface area (Å²) in [6, 6.07) is 4.40. The van der Waals surface area contributed by atoms with Crippen molar-refractivity contribution in [2.75, 3.05) is 5.73 Å². The summed E-state index contributed by atoms with van der Waals surface area (Å²) in [5.41, 5.74) is 6.16. The summed E-state index contributed by atoms with van der Waals surface area (Å²) < 4.78 is 5.48. The van der Waals surface area contributed by atoms with Crippen LogP contribution in [0, 0.1) is 0 Å². The number of phenols is 1. The summed E-state index contributed by atoms with van der Waals surface area (Å²) in [6.45, 7) is 0. The quantitative estimate of drug-likeness (QED) is 0.366. The molecule has 1 aliphatic rings. The Kier molecular flexibility index (Phi) is 4.07. The van der Waals surface area contributed by atoms with E-state index in [1.54, 1.807) is 0 Å². The Morgan fingerprint density at radius 3 is 2.50 bits per heavy atom. The molecule has 0 aliphatic heterocycles. The normalized spacial score (nSPS) is 17.1. The maximum atomic E-state index is 11.9. The zero-order valence-electron chi connectivity index (χ0n) is 10.4. The molecule has 1 fully saturated rings. The Balaban J connectivity index is 1.99. The molecule has 4 nitrogen and oxygen atoms in total. The molecule has 0 amide bonds. The number of anilines is 1. The van der Waals surface area contributed by atoms with Crippen LogP contribution in [0.2, 0.25) is 0 Å². The van der Waals surface area contributed by atoms with Crippen LogP contribution in [-0.2, 0) is 4.74 Å². The highest BCUT2D eigenvalue weighted by molar-refractivity contribution is 5.91. The third kappa shape index (κ3) is 3.15. The van der Waals surface area contributed by atoms with Gasteiger partial charge in [0.2, 0.25) is 0 Å². The molecule has 18 heavy (non-hydrogen) atoms. The third-order valence-electron chi connectivity index (χ3n) is 3.34. The minimum absolute atomic E-state index is 0.0129. The molecule has 2 rings (SSSR count). The second-order valence-electron chi connectivity index (χ2n) is 4.79. The zero-order valence-corrected chi connectivity index (χ0v) is 10.4. The largest absolute Gasteiger partial charge is 0.506 e. The number of ether oxygens (including phenoxy) is 1. The van der Waals surface area contributed by atoms with E-state index in [0.717, 1.165) is 25.7 Å². The molecule has 1 aromatic carbocycles. The Bertz CT molecular complexity index is 423. The lowest BCUT2D eigenvalue weighted by Gasteiger charge is -2.15. The van der Waals surface area contributed by atoms with Crippen molar-refractivity contribution in [2.45, 2.75) is 44.6 Å². The molecular weight excluding hydrogens is 230 g/mol. The van der Waals surface area contributed by atoms with Gasteiger partial charge in [0.15, 0.2) is 0 Å². The van der Waals surface area contributed by atoms with Crippen molar-refractivity contribution in [3.05, 3.63) is 23.8 Å². The predicted octanol–water partition coefficient (Wildman–Crippen LogP) is 2.85. The van der Waals surface area contributed by atoms with Crippen LogP contribution in [0.3, 0.4) is 0 Å². The van der Waals surface area contributed by atoms with E-state index in [2.05, 4.69) is 0 Å². The van der Waals surface area contributed by atoms with Crippen molar-refractivity contribution in [2.24, 2.45) is 0 Å². The van der Waals surface area contributed by atoms with Crippen molar-refractivity contribution in [3.63, 3.8) is 0 Å². The van der Waals surface area contributed by atoms with Gasteiger partial charge in [-0.05, 0) is 43.9 Å². The highest BCUT2D eigenvalue weighted by Gasteiger charge is 2.18. The number of carbonyl (C=O) groups excluding carboxylic acids is 1. The van der Waals surface area contributed by atoms with Crippen molar-refractivity contribution in [3.8, 4) is 5.75 Å². The van der Waals surface area contributed by atoms with Gasteiger partial charge in [-0.1, -0.05) is 12.8 Å². The van der Waals surface area contributed by atoms with Crippen LogP contribution in [0.25, 0.3) is 0 Å².